The van der Waals surface area contributed by atoms with Gasteiger partial charge in [0.25, 0.3) is 5.91 Å². The number of hydrogen-bond acceptors (Lipinski definition) is 9. The highest BCUT2D eigenvalue weighted by molar-refractivity contribution is 6.34. The fourth-order valence-corrected chi connectivity index (χ4v) is 3.52. The number of alkyl halides is 2. The van der Waals surface area contributed by atoms with Crippen molar-refractivity contribution in [2.75, 3.05) is 0 Å². The molecule has 1 amide bonds. The van der Waals surface area contributed by atoms with E-state index in [1.165, 1.54) is 0 Å². The molecule has 1 aliphatic rings. The number of benzene rings is 1. The Morgan fingerprint density at radius 3 is 2.26 bits per heavy atom. The summed E-state index contributed by atoms with van der Waals surface area (Å²) in [4.78, 5) is 27.6. The van der Waals surface area contributed by atoms with Gasteiger partial charge in [-0.1, -0.05) is 23.2 Å². The van der Waals surface area contributed by atoms with E-state index in [2.05, 4.69) is 9.73 Å². The van der Waals surface area contributed by atoms with Crippen LogP contribution >= 0.6 is 23.2 Å². The van der Waals surface area contributed by atoms with Gasteiger partial charge in [-0.25, -0.2) is 9.79 Å². The third kappa shape index (κ3) is 5.98. The maximum absolute atomic E-state index is 12.9. The van der Waals surface area contributed by atoms with Crippen molar-refractivity contribution in [3.05, 3.63) is 51.6 Å². The summed E-state index contributed by atoms with van der Waals surface area (Å²) in [6.07, 6.45) is -8.10. The van der Waals surface area contributed by atoms with Gasteiger partial charge in [0.1, 0.15) is 23.7 Å². The predicted octanol–water partition coefficient (Wildman–Crippen LogP) is 0.646. The van der Waals surface area contributed by atoms with Crippen LogP contribution in [0.1, 0.15) is 10.4 Å². The Balaban J connectivity index is 1.99. The largest absolute Gasteiger partial charge is 0.479 e. The van der Waals surface area contributed by atoms with Crippen LogP contribution in [-0.4, -0.2) is 79.6 Å². The average molecular weight is 541 g/mol. The van der Waals surface area contributed by atoms with Gasteiger partial charge in [-0.3, -0.25) is 4.79 Å². The monoisotopic (exact) mass is 540 g/mol. The molecule has 0 radical (unpaired) electrons. The zero-order valence-electron chi connectivity index (χ0n) is 17.0. The molecule has 0 saturated carbocycles. The van der Waals surface area contributed by atoms with Gasteiger partial charge in [0, 0.05) is 5.56 Å². The van der Waals surface area contributed by atoms with E-state index in [1.807, 2.05) is 0 Å². The smallest absolute Gasteiger partial charge is 0.387 e. The molecule has 12 nitrogen and oxygen atoms in total. The van der Waals surface area contributed by atoms with Crippen molar-refractivity contribution in [1.29, 1.82) is 0 Å². The van der Waals surface area contributed by atoms with Crippen LogP contribution in [0.3, 0.4) is 0 Å². The van der Waals surface area contributed by atoms with Gasteiger partial charge in [-0.2, -0.15) is 13.5 Å². The van der Waals surface area contributed by atoms with Crippen LogP contribution in [0.25, 0.3) is 0 Å². The van der Waals surface area contributed by atoms with Crippen molar-refractivity contribution >= 4 is 35.1 Å². The predicted molar refractivity (Wildman–Crippen MR) is 110 cm³/mol. The Labute approximate surface area is 203 Å². The normalized spacial score (nSPS) is 24.2. The average Bonchev–Trinajstić information content (AvgIpc) is 2.76. The van der Waals surface area contributed by atoms with Crippen molar-refractivity contribution in [3.63, 3.8) is 0 Å². The summed E-state index contributed by atoms with van der Waals surface area (Å²) in [6.45, 7) is -3.34. The minimum atomic E-state index is -3.34. The molecule has 0 aliphatic carbocycles. The fourth-order valence-electron chi connectivity index (χ4n) is 2.98. The summed E-state index contributed by atoms with van der Waals surface area (Å²) in [5, 5.41) is 47.7. The quantitative estimate of drug-likeness (QED) is 0.326. The zero-order chi connectivity index (χ0) is 26.0. The number of nitrogens with zero attached hydrogens (tertiary/aromatic N) is 2. The second-order valence-corrected chi connectivity index (χ2v) is 7.81. The van der Waals surface area contributed by atoms with E-state index in [1.54, 1.807) is 0 Å². The molecule has 1 saturated heterocycles. The minimum absolute atomic E-state index is 0.200. The third-order valence-electron chi connectivity index (χ3n) is 4.62. The van der Waals surface area contributed by atoms with Crippen LogP contribution in [0.4, 0.5) is 8.78 Å². The summed E-state index contributed by atoms with van der Waals surface area (Å²) >= 11 is 11.8. The lowest BCUT2D eigenvalue weighted by atomic mass is 9.99. The van der Waals surface area contributed by atoms with Gasteiger partial charge in [-0.15, -0.1) is 0 Å². The highest BCUT2D eigenvalue weighted by atomic mass is 35.5. The molecule has 0 bridgehead atoms. The van der Waals surface area contributed by atoms with Crippen LogP contribution in [0.15, 0.2) is 35.6 Å². The number of aliphatic carboxylic acids is 1. The van der Waals surface area contributed by atoms with Gasteiger partial charge in [-0.05, 0) is 18.2 Å². The number of hydrogen-bond donors (Lipinski definition) is 5. The molecule has 2 heterocycles. The number of carbonyl (C=O) groups is 2. The van der Waals surface area contributed by atoms with Crippen molar-refractivity contribution in [2.24, 2.45) is 4.99 Å². The molecule has 1 aliphatic heterocycles. The van der Waals surface area contributed by atoms with E-state index in [0.717, 1.165) is 30.6 Å². The Morgan fingerprint density at radius 1 is 1.06 bits per heavy atom. The summed E-state index contributed by atoms with van der Waals surface area (Å²) in [6, 6.07) is 2.79. The molecule has 16 heteroatoms. The van der Waals surface area contributed by atoms with Gasteiger partial charge in [0.15, 0.2) is 17.6 Å². The number of halogens is 4. The maximum Gasteiger partial charge on any atom is 0.387 e. The first kappa shape index (κ1) is 26.6. The first-order chi connectivity index (χ1) is 16.4. The lowest BCUT2D eigenvalue weighted by Crippen LogP contribution is -2.61. The van der Waals surface area contributed by atoms with Crippen molar-refractivity contribution in [2.45, 2.75) is 37.3 Å². The Hall–Kier alpha value is -3.01. The highest BCUT2D eigenvalue weighted by Gasteiger charge is 2.48. The maximum atomic E-state index is 12.9. The van der Waals surface area contributed by atoms with Gasteiger partial charge in [0.2, 0.25) is 6.29 Å². The molecule has 0 unspecified atom stereocenters. The second kappa shape index (κ2) is 10.7. The van der Waals surface area contributed by atoms with Crippen LogP contribution in [-0.2, 0) is 9.53 Å². The van der Waals surface area contributed by atoms with Crippen molar-refractivity contribution in [1.82, 2.24) is 4.73 Å². The first-order valence-corrected chi connectivity index (χ1v) is 10.2. The van der Waals surface area contributed by atoms with E-state index in [-0.39, 0.29) is 21.0 Å². The summed E-state index contributed by atoms with van der Waals surface area (Å²) in [5.74, 6) is -3.97. The molecule has 5 N–H and O–H groups in total. The number of aromatic nitrogens is 1. The second-order valence-electron chi connectivity index (χ2n) is 6.99. The molecule has 3 rings (SSSR count). The minimum Gasteiger partial charge on any atom is -0.479 e. The van der Waals surface area contributed by atoms with Gasteiger partial charge < -0.3 is 39.8 Å². The third-order valence-corrected chi connectivity index (χ3v) is 5.17. The lowest BCUT2D eigenvalue weighted by Gasteiger charge is -2.38. The van der Waals surface area contributed by atoms with E-state index in [9.17, 15) is 38.9 Å². The van der Waals surface area contributed by atoms with Crippen LogP contribution < -0.4 is 14.8 Å². The lowest BCUT2D eigenvalue weighted by molar-refractivity contribution is -0.271. The number of rotatable bonds is 6. The standard InChI is InChI=1S/C19H16Cl2F2N2O10/c20-7-4-25(32)5-8(21)11(7)24-16(29)6-1-2-9(34-19(22)23)10(3-6)33-18-14(28)12(26)13(27)15(35-18)17(30)31/h1-5,12-15,18-19,26-28,32H,(H,30,31)/t12-,13-,14+,15-,18+/m0/s1. The molecule has 1 aromatic carbocycles. The van der Waals surface area contributed by atoms with E-state index in [4.69, 9.17) is 37.8 Å². The SMILES string of the molecule is O=C(N=c1c(Cl)cn(O)cc1Cl)c1ccc(OC(F)F)c(O[C@@H]2O[C@H](C(=O)O)[C@@H](O)[C@H](O)[C@H]2O)c1. The number of amides is 1. The van der Waals surface area contributed by atoms with Crippen molar-refractivity contribution in [3.8, 4) is 11.5 Å². The molecule has 1 aromatic heterocycles. The van der Waals surface area contributed by atoms with Crippen LogP contribution in [0, 0.1) is 0 Å². The number of aliphatic hydroxyl groups is 3. The van der Waals surface area contributed by atoms with Gasteiger partial charge >= 0.3 is 12.6 Å². The summed E-state index contributed by atoms with van der Waals surface area (Å²) < 4.78 is 40.8. The molecule has 190 valence electrons. The molecule has 5 atom stereocenters. The topological polar surface area (TPSA) is 180 Å². The number of pyridine rings is 1. The fraction of sp³-hybridized carbons (Fsp3) is 0.316. The number of carbonyl (C=O) groups excluding carboxylic acids is 1. The molecule has 1 fully saturated rings. The zero-order valence-corrected chi connectivity index (χ0v) is 18.5. The van der Waals surface area contributed by atoms with Gasteiger partial charge in [0.05, 0.1) is 22.4 Å². The molecule has 35 heavy (non-hydrogen) atoms. The number of ether oxygens (including phenoxy) is 3. The Morgan fingerprint density at radius 2 is 1.69 bits per heavy atom. The van der Waals surface area contributed by atoms with E-state index >= 15 is 0 Å². The first-order valence-electron chi connectivity index (χ1n) is 9.42. The Bertz CT molecular complexity index is 1170. The highest BCUT2D eigenvalue weighted by Crippen LogP contribution is 2.33. The number of carboxylic acid groups (broad SMARTS) is 1. The molecular formula is C19H16Cl2F2N2O10. The van der Waals surface area contributed by atoms with Crippen LogP contribution in [0.2, 0.25) is 10.0 Å². The molecule has 2 aromatic rings. The molecular weight excluding hydrogens is 525 g/mol. The number of aliphatic hydroxyl groups excluding tert-OH is 3. The number of carboxylic acids is 1. The summed E-state index contributed by atoms with van der Waals surface area (Å²) in [7, 11) is 0. The summed E-state index contributed by atoms with van der Waals surface area (Å²) in [5.41, 5.74) is -0.282. The van der Waals surface area contributed by atoms with Crippen molar-refractivity contribution < 1.29 is 58.2 Å². The molecule has 0 spiro atoms. The van der Waals surface area contributed by atoms with E-state index < -0.39 is 60.7 Å². The Kier molecular flexibility index (Phi) is 8.15. The van der Waals surface area contributed by atoms with E-state index in [0.29, 0.717) is 4.73 Å². The van der Waals surface area contributed by atoms with Crippen LogP contribution in [0.5, 0.6) is 11.5 Å².